The number of ether oxygens (including phenoxy) is 2. The van der Waals surface area contributed by atoms with Gasteiger partial charge in [0.2, 0.25) is 0 Å². The summed E-state index contributed by atoms with van der Waals surface area (Å²) < 4.78 is 11.9. The molecule has 2 N–H and O–H groups in total. The quantitative estimate of drug-likeness (QED) is 0.670. The molecule has 170 valence electrons. The van der Waals surface area contributed by atoms with E-state index in [0.29, 0.717) is 30.0 Å². The molecule has 2 aliphatic rings. The monoisotopic (exact) mass is 446 g/mol. The van der Waals surface area contributed by atoms with E-state index in [9.17, 15) is 9.59 Å². The van der Waals surface area contributed by atoms with Gasteiger partial charge in [0.1, 0.15) is 24.2 Å². The van der Waals surface area contributed by atoms with Gasteiger partial charge in [-0.3, -0.25) is 9.59 Å². The number of likely N-dealkylation sites (N-methyl/N-ethyl adjacent to an activating group) is 1. The lowest BCUT2D eigenvalue weighted by molar-refractivity contribution is -0.136. The van der Waals surface area contributed by atoms with Crippen LogP contribution in [0.1, 0.15) is 23.2 Å². The van der Waals surface area contributed by atoms with Gasteiger partial charge in [-0.05, 0) is 55.0 Å². The molecule has 1 amide bonds. The number of aliphatic carboxylic acids is 1. The minimum atomic E-state index is -0.896. The first-order valence-electron chi connectivity index (χ1n) is 10.8. The lowest BCUT2D eigenvalue weighted by Gasteiger charge is -2.33. The molecule has 0 bridgehead atoms. The molecule has 0 radical (unpaired) electrons. The molecule has 2 aromatic carbocycles. The second-order valence-corrected chi connectivity index (χ2v) is 8.00. The second-order valence-electron chi connectivity index (χ2n) is 8.00. The van der Waals surface area contributed by atoms with Crippen molar-refractivity contribution < 1.29 is 24.2 Å². The molecule has 1 aliphatic carbocycles. The van der Waals surface area contributed by atoms with Crippen molar-refractivity contribution in [1.29, 1.82) is 0 Å². The van der Waals surface area contributed by atoms with Gasteiger partial charge >= 0.3 is 5.97 Å². The lowest BCUT2D eigenvalue weighted by atomic mass is 10.1. The van der Waals surface area contributed by atoms with Crippen molar-refractivity contribution in [2.75, 3.05) is 25.1 Å². The predicted octanol–water partition coefficient (Wildman–Crippen LogP) is 3.94. The summed E-state index contributed by atoms with van der Waals surface area (Å²) in [4.78, 5) is 25.8. The topological polar surface area (TPSA) is 88.1 Å². The molecule has 1 atom stereocenters. The van der Waals surface area contributed by atoms with Crippen LogP contribution < -0.4 is 19.7 Å². The Morgan fingerprint density at radius 1 is 1.18 bits per heavy atom. The number of fused-ring (bicyclic) bond motifs is 1. The van der Waals surface area contributed by atoms with Crippen LogP contribution in [0, 0.1) is 0 Å². The number of hydrogen-bond donors (Lipinski definition) is 2. The zero-order valence-corrected chi connectivity index (χ0v) is 18.4. The van der Waals surface area contributed by atoms with Gasteiger partial charge in [0, 0.05) is 18.3 Å². The molecule has 4 rings (SSSR count). The fraction of sp³-hybridized carbons (Fsp3) is 0.231. The van der Waals surface area contributed by atoms with Crippen molar-refractivity contribution in [3.8, 4) is 11.5 Å². The van der Waals surface area contributed by atoms with Crippen LogP contribution in [0.25, 0.3) is 0 Å². The number of allylic oxidation sites excluding steroid dienone is 4. The van der Waals surface area contributed by atoms with Gasteiger partial charge in [-0.1, -0.05) is 29.9 Å². The summed E-state index contributed by atoms with van der Waals surface area (Å²) in [6, 6.07) is 14.8. The van der Waals surface area contributed by atoms with Crippen LogP contribution in [-0.2, 0) is 4.79 Å². The van der Waals surface area contributed by atoms with Gasteiger partial charge in [-0.2, -0.15) is 0 Å². The SMILES string of the molecule is CN1CC(COc2ccc(C(=O)NC3=CC=CCC(CC(=O)O)=C3)cc2)Oc2ccccc21. The van der Waals surface area contributed by atoms with Crippen molar-refractivity contribution in [2.45, 2.75) is 18.9 Å². The largest absolute Gasteiger partial charge is 0.490 e. The average Bonchev–Trinajstić information content (AvgIpc) is 3.02. The first-order valence-corrected chi connectivity index (χ1v) is 10.8. The molecule has 1 unspecified atom stereocenters. The Morgan fingerprint density at radius 2 is 1.97 bits per heavy atom. The summed E-state index contributed by atoms with van der Waals surface area (Å²) in [6.07, 6.45) is 7.52. The fourth-order valence-corrected chi connectivity index (χ4v) is 3.79. The van der Waals surface area contributed by atoms with Crippen LogP contribution in [0.15, 0.2) is 84.1 Å². The number of carboxylic acids is 1. The van der Waals surface area contributed by atoms with E-state index in [1.807, 2.05) is 37.4 Å². The number of carboxylic acid groups (broad SMARTS) is 1. The van der Waals surface area contributed by atoms with Gasteiger partial charge in [-0.25, -0.2) is 0 Å². The maximum Gasteiger partial charge on any atom is 0.307 e. The number of nitrogens with zero attached hydrogens (tertiary/aromatic N) is 1. The molecule has 7 nitrogen and oxygen atoms in total. The third-order valence-electron chi connectivity index (χ3n) is 5.39. The van der Waals surface area contributed by atoms with E-state index in [0.717, 1.165) is 23.6 Å². The highest BCUT2D eigenvalue weighted by Crippen LogP contribution is 2.32. The number of para-hydroxylation sites is 2. The van der Waals surface area contributed by atoms with Crippen LogP contribution in [0.2, 0.25) is 0 Å². The van der Waals surface area contributed by atoms with Crippen molar-refractivity contribution in [3.05, 3.63) is 89.7 Å². The molecule has 0 fully saturated rings. The molecule has 0 aromatic heterocycles. The molecule has 2 aromatic rings. The van der Waals surface area contributed by atoms with Crippen molar-refractivity contribution >= 4 is 17.6 Å². The summed E-state index contributed by atoms with van der Waals surface area (Å²) in [5.41, 5.74) is 2.83. The van der Waals surface area contributed by atoms with E-state index in [2.05, 4.69) is 10.2 Å². The number of carbonyl (C=O) groups is 2. The highest BCUT2D eigenvalue weighted by Gasteiger charge is 2.23. The number of benzene rings is 2. The molecule has 33 heavy (non-hydrogen) atoms. The fourth-order valence-electron chi connectivity index (χ4n) is 3.79. The summed E-state index contributed by atoms with van der Waals surface area (Å²) in [6.45, 7) is 1.11. The normalized spacial score (nSPS) is 17.1. The predicted molar refractivity (Wildman–Crippen MR) is 126 cm³/mol. The standard InChI is InChI=1S/C26H26N2O5/c1-28-16-22(33-24-9-5-4-8-23(24)28)17-32-21-12-10-19(11-13-21)26(31)27-20-7-3-2-6-18(14-20)15-25(29)30/h2-5,7-14,22H,6,15-17H2,1H3,(H,27,31)(H,29,30). The van der Waals surface area contributed by atoms with Gasteiger partial charge in [0.25, 0.3) is 5.91 Å². The van der Waals surface area contributed by atoms with E-state index < -0.39 is 5.97 Å². The van der Waals surface area contributed by atoms with Gasteiger partial charge in [-0.15, -0.1) is 0 Å². The first-order chi connectivity index (χ1) is 16.0. The second kappa shape index (κ2) is 10.1. The number of anilines is 1. The zero-order valence-electron chi connectivity index (χ0n) is 18.4. The van der Waals surface area contributed by atoms with E-state index in [1.165, 1.54) is 0 Å². The highest BCUT2D eigenvalue weighted by molar-refractivity contribution is 5.95. The lowest BCUT2D eigenvalue weighted by Crippen LogP contribution is -2.41. The Kier molecular flexibility index (Phi) is 6.78. The van der Waals surface area contributed by atoms with Gasteiger partial charge in [0.05, 0.1) is 18.7 Å². The number of amides is 1. The van der Waals surface area contributed by atoms with Crippen molar-refractivity contribution in [3.63, 3.8) is 0 Å². The maximum absolute atomic E-state index is 12.6. The minimum absolute atomic E-state index is 0.0599. The number of carbonyl (C=O) groups excluding carboxylic acids is 1. The molecule has 0 saturated heterocycles. The Hall–Kier alpha value is -4.00. The molecule has 0 saturated carbocycles. The Morgan fingerprint density at radius 3 is 2.76 bits per heavy atom. The molecule has 1 heterocycles. The van der Waals surface area contributed by atoms with E-state index in [1.54, 1.807) is 42.5 Å². The Balaban J connectivity index is 1.33. The number of rotatable bonds is 7. The summed E-state index contributed by atoms with van der Waals surface area (Å²) >= 11 is 0. The number of nitrogens with one attached hydrogen (secondary N) is 1. The smallest absolute Gasteiger partial charge is 0.307 e. The van der Waals surface area contributed by atoms with Crippen LogP contribution in [0.4, 0.5) is 5.69 Å². The third-order valence-corrected chi connectivity index (χ3v) is 5.39. The van der Waals surface area contributed by atoms with E-state index in [-0.39, 0.29) is 18.4 Å². The summed E-state index contributed by atoms with van der Waals surface area (Å²) in [5.74, 6) is 0.321. The van der Waals surface area contributed by atoms with Crippen LogP contribution in [0.3, 0.4) is 0 Å². The zero-order chi connectivity index (χ0) is 23.2. The van der Waals surface area contributed by atoms with Crippen LogP contribution in [-0.4, -0.2) is 43.3 Å². The van der Waals surface area contributed by atoms with E-state index >= 15 is 0 Å². The highest BCUT2D eigenvalue weighted by atomic mass is 16.5. The van der Waals surface area contributed by atoms with Crippen molar-refractivity contribution in [2.24, 2.45) is 0 Å². The molecule has 0 spiro atoms. The van der Waals surface area contributed by atoms with Crippen molar-refractivity contribution in [1.82, 2.24) is 5.32 Å². The number of hydrogen-bond acceptors (Lipinski definition) is 5. The van der Waals surface area contributed by atoms with Gasteiger partial charge in [0.15, 0.2) is 0 Å². The van der Waals surface area contributed by atoms with Crippen LogP contribution in [0.5, 0.6) is 11.5 Å². The van der Waals surface area contributed by atoms with Gasteiger partial charge < -0.3 is 24.8 Å². The first kappa shape index (κ1) is 22.2. The maximum atomic E-state index is 12.6. The third kappa shape index (κ3) is 5.83. The average molecular weight is 447 g/mol. The molecular formula is C26H26N2O5. The minimum Gasteiger partial charge on any atom is -0.490 e. The Bertz CT molecular complexity index is 1120. The summed E-state index contributed by atoms with van der Waals surface area (Å²) in [5, 5.41) is 11.9. The molecular weight excluding hydrogens is 420 g/mol. The molecule has 7 heteroatoms. The van der Waals surface area contributed by atoms with Crippen LogP contribution >= 0.6 is 0 Å². The van der Waals surface area contributed by atoms with E-state index in [4.69, 9.17) is 14.6 Å². The summed E-state index contributed by atoms with van der Waals surface area (Å²) in [7, 11) is 2.03. The Labute approximate surface area is 192 Å². The molecule has 1 aliphatic heterocycles.